The molecule has 0 amide bonds. The van der Waals surface area contributed by atoms with Crippen LogP contribution in [0, 0.1) is 11.6 Å². The Labute approximate surface area is 302 Å². The summed E-state index contributed by atoms with van der Waals surface area (Å²) in [7, 11) is 1.55. The molecule has 6 rings (SSSR count). The van der Waals surface area contributed by atoms with E-state index in [1.165, 1.54) is 12.1 Å². The van der Waals surface area contributed by atoms with Gasteiger partial charge in [-0.2, -0.15) is 4.39 Å². The molecule has 0 N–H and O–H groups in total. The van der Waals surface area contributed by atoms with E-state index in [0.717, 1.165) is 16.7 Å². The van der Waals surface area contributed by atoms with Gasteiger partial charge in [0.1, 0.15) is 18.3 Å². The number of hydrogen-bond donors (Lipinski definition) is 0. The minimum Gasteiger partial charge on any atom is -0.491 e. The van der Waals surface area contributed by atoms with Gasteiger partial charge in [0.25, 0.3) is 0 Å². The Morgan fingerprint density at radius 2 is 1.29 bits per heavy atom. The minimum absolute atomic E-state index is 0.00785. The second-order valence-electron chi connectivity index (χ2n) is 12.3. The highest BCUT2D eigenvalue weighted by Gasteiger charge is 2.55. The molecule has 0 aliphatic carbocycles. The molecule has 4 atom stereocenters. The van der Waals surface area contributed by atoms with Gasteiger partial charge in [0.2, 0.25) is 11.6 Å². The predicted molar refractivity (Wildman–Crippen MR) is 191 cm³/mol. The first kappa shape index (κ1) is 36.6. The summed E-state index contributed by atoms with van der Waals surface area (Å²) in [6.45, 7) is 2.89. The van der Waals surface area contributed by atoms with Crippen molar-refractivity contribution in [3.63, 3.8) is 0 Å². The largest absolute Gasteiger partial charge is 0.491 e. The van der Waals surface area contributed by atoms with Crippen LogP contribution in [0.5, 0.6) is 5.75 Å². The maximum absolute atomic E-state index is 15.2. The lowest BCUT2D eigenvalue weighted by Crippen LogP contribution is -2.62. The van der Waals surface area contributed by atoms with Crippen LogP contribution >= 0.6 is 11.6 Å². The van der Waals surface area contributed by atoms with Crippen molar-refractivity contribution in [1.82, 2.24) is 0 Å². The molecule has 266 valence electrons. The van der Waals surface area contributed by atoms with Crippen molar-refractivity contribution in [1.29, 1.82) is 0 Å². The van der Waals surface area contributed by atoms with Crippen LogP contribution in [-0.2, 0) is 55.7 Å². The molecule has 0 aromatic heterocycles. The third-order valence-corrected chi connectivity index (χ3v) is 9.29. The summed E-state index contributed by atoms with van der Waals surface area (Å²) >= 11 is 6.69. The van der Waals surface area contributed by atoms with Crippen molar-refractivity contribution in [2.24, 2.45) is 0 Å². The molecule has 9 heteroatoms. The van der Waals surface area contributed by atoms with Gasteiger partial charge in [0.15, 0.2) is 11.6 Å². The summed E-state index contributed by atoms with van der Waals surface area (Å²) in [5.41, 5.74) is 4.17. The van der Waals surface area contributed by atoms with Crippen molar-refractivity contribution >= 4 is 11.6 Å². The van der Waals surface area contributed by atoms with E-state index in [9.17, 15) is 4.39 Å². The van der Waals surface area contributed by atoms with Crippen LogP contribution in [0.1, 0.15) is 40.3 Å². The average molecular weight is 715 g/mol. The summed E-state index contributed by atoms with van der Waals surface area (Å²) in [6.07, 6.45) is -2.04. The van der Waals surface area contributed by atoms with Gasteiger partial charge in [-0.3, -0.25) is 0 Å². The van der Waals surface area contributed by atoms with E-state index in [1.54, 1.807) is 32.2 Å². The van der Waals surface area contributed by atoms with E-state index in [2.05, 4.69) is 0 Å². The van der Waals surface area contributed by atoms with Crippen LogP contribution in [0.4, 0.5) is 8.78 Å². The number of rotatable bonds is 15. The van der Waals surface area contributed by atoms with E-state index in [0.29, 0.717) is 22.8 Å². The molecule has 0 spiro atoms. The smallest absolute Gasteiger partial charge is 0.224 e. The lowest BCUT2D eigenvalue weighted by Gasteiger charge is -2.49. The Balaban J connectivity index is 1.38. The number of ether oxygens (including phenoxy) is 6. The molecule has 0 radical (unpaired) electrons. The van der Waals surface area contributed by atoms with Crippen molar-refractivity contribution in [3.8, 4) is 5.75 Å². The molecular weight excluding hydrogens is 674 g/mol. The van der Waals surface area contributed by atoms with Gasteiger partial charge >= 0.3 is 0 Å². The summed E-state index contributed by atoms with van der Waals surface area (Å²) < 4.78 is 68.3. The average Bonchev–Trinajstić information content (AvgIpc) is 3.17. The quantitative estimate of drug-likeness (QED) is 0.108. The molecular formula is C42H41ClF2O6. The third-order valence-electron chi connectivity index (χ3n) is 8.92. The maximum Gasteiger partial charge on any atom is 0.224 e. The molecule has 5 aromatic rings. The first-order chi connectivity index (χ1) is 24.9. The van der Waals surface area contributed by atoms with Gasteiger partial charge in [0, 0.05) is 24.1 Å². The van der Waals surface area contributed by atoms with Gasteiger partial charge in [-0.05, 0) is 52.9 Å². The minimum atomic E-state index is -1.50. The zero-order valence-electron chi connectivity index (χ0n) is 28.6. The zero-order chi connectivity index (χ0) is 35.6. The van der Waals surface area contributed by atoms with Crippen LogP contribution in [0.3, 0.4) is 0 Å². The second kappa shape index (κ2) is 17.4. The molecule has 1 heterocycles. The van der Waals surface area contributed by atoms with Crippen LogP contribution in [0.15, 0.2) is 121 Å². The molecule has 0 bridgehead atoms. The van der Waals surface area contributed by atoms with Crippen molar-refractivity contribution in [2.45, 2.75) is 57.3 Å². The van der Waals surface area contributed by atoms with Crippen LogP contribution < -0.4 is 4.74 Å². The van der Waals surface area contributed by atoms with Crippen LogP contribution in [-0.4, -0.2) is 38.6 Å². The normalized spacial score (nSPS) is 20.3. The Kier molecular flexibility index (Phi) is 12.5. The fraction of sp³-hybridized carbons (Fsp3) is 0.286. The molecule has 51 heavy (non-hydrogen) atoms. The number of methoxy groups -OCH3 is 1. The highest BCUT2D eigenvalue weighted by molar-refractivity contribution is 6.31. The number of hydrogen-bond acceptors (Lipinski definition) is 6. The van der Waals surface area contributed by atoms with E-state index in [4.69, 9.17) is 40.0 Å². The standard InChI is InChI=1S/C42H41ClF2O6/c1-3-47-36-22-19-32(38(44)39(36)45)23-33-24-34(20-21-35(33)43)42(46-2)41(50-27-31-17-11-6-12-18-31)40(49-26-30-15-9-5-10-16-30)37(28-51-42)48-25-29-13-7-4-8-14-29/h4-22,24,37,40-41H,3,23,25-28H2,1-2H3. The van der Waals surface area contributed by atoms with Crippen molar-refractivity contribution in [2.75, 3.05) is 20.3 Å². The molecule has 0 saturated carbocycles. The maximum atomic E-state index is 15.2. The van der Waals surface area contributed by atoms with Crippen molar-refractivity contribution in [3.05, 3.63) is 171 Å². The molecule has 1 fully saturated rings. The summed E-state index contributed by atoms with van der Waals surface area (Å²) in [5, 5.41) is 0.372. The summed E-state index contributed by atoms with van der Waals surface area (Å²) in [4.78, 5) is 0. The molecule has 6 nitrogen and oxygen atoms in total. The molecule has 1 saturated heterocycles. The van der Waals surface area contributed by atoms with E-state index < -0.39 is 35.7 Å². The third kappa shape index (κ3) is 8.67. The Morgan fingerprint density at radius 3 is 1.88 bits per heavy atom. The topological polar surface area (TPSA) is 55.4 Å². The Morgan fingerprint density at radius 1 is 0.706 bits per heavy atom. The van der Waals surface area contributed by atoms with Gasteiger partial charge in [-0.25, -0.2) is 4.39 Å². The summed E-state index contributed by atoms with van der Waals surface area (Å²) in [5.74, 6) is -3.67. The summed E-state index contributed by atoms with van der Waals surface area (Å²) in [6, 6.07) is 37.8. The van der Waals surface area contributed by atoms with Gasteiger partial charge in [-0.1, -0.05) is 115 Å². The van der Waals surface area contributed by atoms with E-state index >= 15 is 4.39 Å². The SMILES string of the molecule is CCOc1ccc(Cc2cc(C3(OC)OCC(OCc4ccccc4)C(OCc4ccccc4)C3OCc3ccccc3)ccc2Cl)c(F)c1F. The molecule has 1 aliphatic heterocycles. The second-order valence-corrected chi connectivity index (χ2v) is 12.7. The number of benzene rings is 5. The number of halogens is 3. The lowest BCUT2D eigenvalue weighted by atomic mass is 9.88. The van der Waals surface area contributed by atoms with Gasteiger partial charge in [-0.15, -0.1) is 0 Å². The monoisotopic (exact) mass is 714 g/mol. The predicted octanol–water partition coefficient (Wildman–Crippen LogP) is 9.19. The van der Waals surface area contributed by atoms with E-state index in [-0.39, 0.29) is 44.2 Å². The van der Waals surface area contributed by atoms with Crippen molar-refractivity contribution < 1.29 is 37.2 Å². The Bertz CT molecular complexity index is 1850. The van der Waals surface area contributed by atoms with Gasteiger partial charge in [0.05, 0.1) is 33.0 Å². The first-order valence-electron chi connectivity index (χ1n) is 17.0. The molecule has 5 aromatic carbocycles. The molecule has 4 unspecified atom stereocenters. The highest BCUT2D eigenvalue weighted by Crippen LogP contribution is 2.42. The zero-order valence-corrected chi connectivity index (χ0v) is 29.4. The lowest BCUT2D eigenvalue weighted by molar-refractivity contribution is -0.360. The first-order valence-corrected chi connectivity index (χ1v) is 17.3. The van der Waals surface area contributed by atoms with Crippen LogP contribution in [0.25, 0.3) is 0 Å². The fourth-order valence-corrected chi connectivity index (χ4v) is 6.47. The Hall–Kier alpha value is -4.15. The van der Waals surface area contributed by atoms with Crippen LogP contribution in [0.2, 0.25) is 5.02 Å². The van der Waals surface area contributed by atoms with E-state index in [1.807, 2.05) is 91.0 Å². The van der Waals surface area contributed by atoms with Gasteiger partial charge < -0.3 is 28.4 Å². The highest BCUT2D eigenvalue weighted by atomic mass is 35.5. The molecule has 1 aliphatic rings. The fourth-order valence-electron chi connectivity index (χ4n) is 6.29.